The number of hydrogen-bond acceptors (Lipinski definition) is 3. The molecule has 0 unspecified atom stereocenters. The summed E-state index contributed by atoms with van der Waals surface area (Å²) in [7, 11) is 0. The molecule has 0 amide bonds. The molecule has 1 aromatic carbocycles. The molecule has 3 rings (SSSR count). The zero-order chi connectivity index (χ0) is 11.7. The fraction of sp³-hybridized carbons (Fsp3) is 0.462. The molecule has 0 aliphatic carbocycles. The van der Waals surface area contributed by atoms with Gasteiger partial charge in [-0.15, -0.1) is 0 Å². The lowest BCUT2D eigenvalue weighted by Crippen LogP contribution is -2.59. The number of nitrogens with zero attached hydrogens (tertiary/aromatic N) is 1. The normalized spacial score (nSPS) is 18.2. The first kappa shape index (κ1) is 10.7. The Morgan fingerprint density at radius 2 is 2.18 bits per heavy atom. The third-order valence-electron chi connectivity index (χ3n) is 3.23. The van der Waals surface area contributed by atoms with Gasteiger partial charge in [-0.2, -0.15) is 0 Å². The summed E-state index contributed by atoms with van der Waals surface area (Å²) in [4.78, 5) is 7.84. The molecule has 1 aromatic heterocycles. The number of ether oxygens (including phenoxy) is 1. The van der Waals surface area contributed by atoms with E-state index in [1.54, 1.807) is 0 Å². The Kier molecular flexibility index (Phi) is 2.61. The molecule has 0 spiro atoms. The van der Waals surface area contributed by atoms with Crippen molar-refractivity contribution in [2.24, 2.45) is 0 Å². The van der Waals surface area contributed by atoms with Crippen molar-refractivity contribution in [1.29, 1.82) is 0 Å². The van der Waals surface area contributed by atoms with Gasteiger partial charge in [0.2, 0.25) is 0 Å². The van der Waals surface area contributed by atoms with Crippen LogP contribution >= 0.6 is 0 Å². The summed E-state index contributed by atoms with van der Waals surface area (Å²) in [6.45, 7) is 4.76. The molecule has 1 aliphatic heterocycles. The molecule has 90 valence electrons. The lowest BCUT2D eigenvalue weighted by molar-refractivity contribution is -0.0655. The Hall–Kier alpha value is -1.39. The van der Waals surface area contributed by atoms with Gasteiger partial charge in [-0.3, -0.25) is 0 Å². The van der Waals surface area contributed by atoms with Crippen LogP contribution in [0.3, 0.4) is 0 Å². The van der Waals surface area contributed by atoms with E-state index in [-0.39, 0.29) is 5.60 Å². The van der Waals surface area contributed by atoms with Crippen LogP contribution in [0, 0.1) is 0 Å². The van der Waals surface area contributed by atoms with Gasteiger partial charge in [-0.25, -0.2) is 4.98 Å². The van der Waals surface area contributed by atoms with Gasteiger partial charge in [0.1, 0.15) is 5.82 Å². The van der Waals surface area contributed by atoms with Crippen molar-refractivity contribution in [3.63, 3.8) is 0 Å². The Morgan fingerprint density at radius 1 is 1.35 bits per heavy atom. The number of imidazole rings is 1. The molecule has 0 atom stereocenters. The van der Waals surface area contributed by atoms with Gasteiger partial charge in [-0.1, -0.05) is 12.1 Å². The maximum absolute atomic E-state index is 5.84. The smallest absolute Gasteiger partial charge is 0.109 e. The lowest BCUT2D eigenvalue weighted by Gasteiger charge is -2.39. The van der Waals surface area contributed by atoms with Gasteiger partial charge >= 0.3 is 0 Å². The topological polar surface area (TPSA) is 49.9 Å². The average molecular weight is 231 g/mol. The van der Waals surface area contributed by atoms with Crippen LogP contribution in [0.25, 0.3) is 11.0 Å². The summed E-state index contributed by atoms with van der Waals surface area (Å²) in [6, 6.07) is 8.09. The van der Waals surface area contributed by atoms with Gasteiger partial charge in [0.05, 0.1) is 23.2 Å². The monoisotopic (exact) mass is 231 g/mol. The van der Waals surface area contributed by atoms with Gasteiger partial charge in [0, 0.05) is 19.5 Å². The van der Waals surface area contributed by atoms with E-state index in [2.05, 4.69) is 22.2 Å². The van der Waals surface area contributed by atoms with E-state index >= 15 is 0 Å². The SMILES string of the molecule is CC1(OCCc2nc3ccccc3[nH]2)CNC1. The molecule has 1 aliphatic rings. The minimum atomic E-state index is 0.0337. The summed E-state index contributed by atoms with van der Waals surface area (Å²) < 4.78 is 5.84. The second-order valence-corrected chi connectivity index (χ2v) is 4.85. The molecule has 2 heterocycles. The number of aromatic nitrogens is 2. The van der Waals surface area contributed by atoms with E-state index in [1.165, 1.54) is 0 Å². The molecular weight excluding hydrogens is 214 g/mol. The van der Waals surface area contributed by atoms with E-state index in [4.69, 9.17) is 4.74 Å². The molecule has 2 aromatic rings. The van der Waals surface area contributed by atoms with E-state index in [0.29, 0.717) is 0 Å². The first-order valence-electron chi connectivity index (χ1n) is 6.04. The molecule has 2 N–H and O–H groups in total. The molecule has 4 nitrogen and oxygen atoms in total. The third kappa shape index (κ3) is 2.18. The molecule has 0 radical (unpaired) electrons. The minimum absolute atomic E-state index is 0.0337. The summed E-state index contributed by atoms with van der Waals surface area (Å²) in [6.07, 6.45) is 0.838. The number of nitrogens with one attached hydrogen (secondary N) is 2. The molecule has 1 fully saturated rings. The van der Waals surface area contributed by atoms with Crippen molar-refractivity contribution in [3.8, 4) is 0 Å². The van der Waals surface area contributed by atoms with Gasteiger partial charge in [0.25, 0.3) is 0 Å². The number of rotatable bonds is 4. The highest BCUT2D eigenvalue weighted by Gasteiger charge is 2.32. The van der Waals surface area contributed by atoms with Crippen molar-refractivity contribution >= 4 is 11.0 Å². The van der Waals surface area contributed by atoms with E-state index in [0.717, 1.165) is 43.0 Å². The Labute approximate surface area is 100 Å². The maximum Gasteiger partial charge on any atom is 0.109 e. The van der Waals surface area contributed by atoms with Crippen molar-refractivity contribution in [1.82, 2.24) is 15.3 Å². The largest absolute Gasteiger partial charge is 0.372 e. The summed E-state index contributed by atoms with van der Waals surface area (Å²) >= 11 is 0. The van der Waals surface area contributed by atoms with Crippen molar-refractivity contribution < 1.29 is 4.74 Å². The standard InChI is InChI=1S/C13H17N3O/c1-13(8-14-9-13)17-7-6-12-15-10-4-2-3-5-11(10)16-12/h2-5,14H,6-9H2,1H3,(H,15,16). The fourth-order valence-corrected chi connectivity index (χ4v) is 2.10. The highest BCUT2D eigenvalue weighted by molar-refractivity contribution is 5.74. The summed E-state index contributed by atoms with van der Waals surface area (Å²) in [5, 5.41) is 3.22. The number of hydrogen-bond donors (Lipinski definition) is 2. The van der Waals surface area contributed by atoms with Crippen LogP contribution in [0.1, 0.15) is 12.7 Å². The van der Waals surface area contributed by atoms with Gasteiger partial charge in [-0.05, 0) is 19.1 Å². The zero-order valence-electron chi connectivity index (χ0n) is 9.99. The molecule has 1 saturated heterocycles. The average Bonchev–Trinajstić information content (AvgIpc) is 2.69. The lowest BCUT2D eigenvalue weighted by atomic mass is 10.0. The predicted molar refractivity (Wildman–Crippen MR) is 67.0 cm³/mol. The first-order chi connectivity index (χ1) is 8.25. The van der Waals surface area contributed by atoms with E-state index in [1.807, 2.05) is 24.3 Å². The molecule has 4 heteroatoms. The van der Waals surface area contributed by atoms with Crippen LogP contribution in [0.15, 0.2) is 24.3 Å². The van der Waals surface area contributed by atoms with Gasteiger partial charge < -0.3 is 15.0 Å². The number of fused-ring (bicyclic) bond motifs is 1. The number of aromatic amines is 1. The van der Waals surface area contributed by atoms with Crippen LogP contribution in [0.5, 0.6) is 0 Å². The van der Waals surface area contributed by atoms with E-state index in [9.17, 15) is 0 Å². The molecule has 17 heavy (non-hydrogen) atoms. The maximum atomic E-state index is 5.84. The Bertz CT molecular complexity index is 483. The van der Waals surface area contributed by atoms with Crippen LogP contribution in [-0.4, -0.2) is 35.3 Å². The van der Waals surface area contributed by atoms with Crippen molar-refractivity contribution in [2.45, 2.75) is 18.9 Å². The second kappa shape index (κ2) is 4.13. The zero-order valence-corrected chi connectivity index (χ0v) is 9.99. The van der Waals surface area contributed by atoms with E-state index < -0.39 is 0 Å². The number of benzene rings is 1. The molecule has 0 saturated carbocycles. The third-order valence-corrected chi connectivity index (χ3v) is 3.23. The summed E-state index contributed by atoms with van der Waals surface area (Å²) in [5.74, 6) is 1.00. The number of H-pyrrole nitrogens is 1. The fourth-order valence-electron chi connectivity index (χ4n) is 2.10. The van der Waals surface area contributed by atoms with Gasteiger partial charge in [0.15, 0.2) is 0 Å². The number of para-hydroxylation sites is 2. The molecule has 0 bridgehead atoms. The molecular formula is C13H17N3O. The summed E-state index contributed by atoms with van der Waals surface area (Å²) in [5.41, 5.74) is 2.16. The van der Waals surface area contributed by atoms with Crippen molar-refractivity contribution in [2.75, 3.05) is 19.7 Å². The second-order valence-electron chi connectivity index (χ2n) is 4.85. The Balaban J connectivity index is 1.61. The predicted octanol–water partition coefficient (Wildman–Crippen LogP) is 1.48. The van der Waals surface area contributed by atoms with Crippen molar-refractivity contribution in [3.05, 3.63) is 30.1 Å². The van der Waals surface area contributed by atoms with Crippen LogP contribution < -0.4 is 5.32 Å². The van der Waals surface area contributed by atoms with Crippen LogP contribution in [-0.2, 0) is 11.2 Å². The quantitative estimate of drug-likeness (QED) is 0.838. The highest BCUT2D eigenvalue weighted by Crippen LogP contribution is 2.16. The van der Waals surface area contributed by atoms with Crippen LogP contribution in [0.4, 0.5) is 0 Å². The Morgan fingerprint density at radius 3 is 2.88 bits per heavy atom. The minimum Gasteiger partial charge on any atom is -0.372 e. The highest BCUT2D eigenvalue weighted by atomic mass is 16.5. The van der Waals surface area contributed by atoms with Crippen LogP contribution in [0.2, 0.25) is 0 Å². The first-order valence-corrected chi connectivity index (χ1v) is 6.04.